The first-order chi connectivity index (χ1) is 9.85. The van der Waals surface area contributed by atoms with Gasteiger partial charge in [0.05, 0.1) is 12.5 Å². The summed E-state index contributed by atoms with van der Waals surface area (Å²) in [5.74, 6) is -1.26. The Hall–Kier alpha value is -2.11. The topological polar surface area (TPSA) is 69.6 Å². The molecule has 0 spiro atoms. The zero-order chi connectivity index (χ0) is 16.0. The van der Waals surface area contributed by atoms with Crippen LogP contribution in [0.2, 0.25) is 0 Å². The van der Waals surface area contributed by atoms with Gasteiger partial charge in [0.25, 0.3) is 0 Å². The van der Waals surface area contributed by atoms with Gasteiger partial charge in [-0.25, -0.2) is 9.18 Å². The molecule has 6 heteroatoms. The average Bonchev–Trinajstić information content (AvgIpc) is 2.42. The fourth-order valence-electron chi connectivity index (χ4n) is 1.87. The number of benzene rings is 1. The smallest absolute Gasteiger partial charge is 0.317 e. The van der Waals surface area contributed by atoms with E-state index in [1.165, 1.54) is 11.0 Å². The number of rotatable bonds is 6. The number of carbonyl (C=O) groups is 2. The van der Waals surface area contributed by atoms with Gasteiger partial charge >= 0.3 is 12.0 Å². The van der Waals surface area contributed by atoms with E-state index in [2.05, 4.69) is 5.32 Å². The Balaban J connectivity index is 2.67. The molecule has 0 aliphatic carbocycles. The first kappa shape index (κ1) is 16.9. The summed E-state index contributed by atoms with van der Waals surface area (Å²) in [6, 6.07) is 4.11. The number of carboxylic acids is 1. The number of nitrogens with one attached hydrogen (secondary N) is 1. The van der Waals surface area contributed by atoms with Gasteiger partial charge in [-0.1, -0.05) is 12.1 Å². The van der Waals surface area contributed by atoms with Gasteiger partial charge in [-0.2, -0.15) is 0 Å². The van der Waals surface area contributed by atoms with Crippen molar-refractivity contribution in [3.8, 4) is 0 Å². The first-order valence-corrected chi connectivity index (χ1v) is 6.88. The van der Waals surface area contributed by atoms with Gasteiger partial charge in [-0.15, -0.1) is 0 Å². The number of aliphatic carboxylic acids is 1. The lowest BCUT2D eigenvalue weighted by Crippen LogP contribution is -2.41. The maximum atomic E-state index is 13.5. The van der Waals surface area contributed by atoms with E-state index >= 15 is 0 Å². The third-order valence-corrected chi connectivity index (χ3v) is 3.30. The van der Waals surface area contributed by atoms with Crippen LogP contribution in [0.1, 0.15) is 37.4 Å². The van der Waals surface area contributed by atoms with Gasteiger partial charge in [0.1, 0.15) is 5.82 Å². The predicted molar refractivity (Wildman–Crippen MR) is 77.6 cm³/mol. The molecule has 0 heterocycles. The second kappa shape index (κ2) is 7.61. The quantitative estimate of drug-likeness (QED) is 0.848. The minimum absolute atomic E-state index is 0.102. The lowest BCUT2D eigenvalue weighted by atomic mass is 10.1. The zero-order valence-corrected chi connectivity index (χ0v) is 12.5. The molecule has 1 unspecified atom stereocenters. The molecule has 1 aromatic rings. The summed E-state index contributed by atoms with van der Waals surface area (Å²) in [7, 11) is 0. The second-order valence-corrected chi connectivity index (χ2v) is 4.90. The van der Waals surface area contributed by atoms with Crippen LogP contribution in [-0.2, 0) is 4.79 Å². The highest BCUT2D eigenvalue weighted by Crippen LogP contribution is 2.16. The minimum atomic E-state index is -0.949. The monoisotopic (exact) mass is 296 g/mol. The number of nitrogens with zero attached hydrogens (tertiary/aromatic N) is 1. The van der Waals surface area contributed by atoms with Crippen LogP contribution in [0.5, 0.6) is 0 Å². The highest BCUT2D eigenvalue weighted by Gasteiger charge is 2.16. The number of carboxylic acid groups (broad SMARTS) is 1. The summed E-state index contributed by atoms with van der Waals surface area (Å²) >= 11 is 0. The number of carbonyl (C=O) groups excluding carboxylic acids is 1. The third-order valence-electron chi connectivity index (χ3n) is 3.30. The van der Waals surface area contributed by atoms with Gasteiger partial charge in [0, 0.05) is 13.1 Å². The van der Waals surface area contributed by atoms with Crippen LogP contribution in [0.4, 0.5) is 9.18 Å². The fraction of sp³-hybridized carbons (Fsp3) is 0.467. The van der Waals surface area contributed by atoms with E-state index in [1.807, 2.05) is 0 Å². The lowest BCUT2D eigenvalue weighted by molar-refractivity contribution is -0.137. The number of urea groups is 1. The summed E-state index contributed by atoms with van der Waals surface area (Å²) in [4.78, 5) is 24.0. The zero-order valence-electron chi connectivity index (χ0n) is 12.5. The van der Waals surface area contributed by atoms with Crippen LogP contribution < -0.4 is 5.32 Å². The van der Waals surface area contributed by atoms with Gasteiger partial charge in [0.2, 0.25) is 0 Å². The van der Waals surface area contributed by atoms with Gasteiger partial charge in [-0.3, -0.25) is 4.79 Å². The molecule has 5 nitrogen and oxygen atoms in total. The predicted octanol–water partition coefficient (Wildman–Crippen LogP) is 2.70. The lowest BCUT2D eigenvalue weighted by Gasteiger charge is -2.23. The number of halogens is 1. The third kappa shape index (κ3) is 5.06. The molecule has 0 radical (unpaired) electrons. The van der Waals surface area contributed by atoms with Crippen LogP contribution in [0, 0.1) is 12.7 Å². The average molecular weight is 296 g/mol. The van der Waals surface area contributed by atoms with E-state index in [0.29, 0.717) is 17.7 Å². The molecule has 0 aliphatic rings. The van der Waals surface area contributed by atoms with Crippen LogP contribution in [0.15, 0.2) is 18.2 Å². The SMILES string of the molecule is CCN(CCC(=O)O)C(=O)NC(C)c1ccc(C)c(F)c1. The molecule has 116 valence electrons. The van der Waals surface area contributed by atoms with E-state index in [0.717, 1.165) is 0 Å². The number of hydrogen-bond donors (Lipinski definition) is 2. The van der Waals surface area contributed by atoms with Gasteiger partial charge in [-0.05, 0) is 38.0 Å². The van der Waals surface area contributed by atoms with Crippen LogP contribution in [0.3, 0.4) is 0 Å². The van der Waals surface area contributed by atoms with E-state index in [4.69, 9.17) is 5.11 Å². The van der Waals surface area contributed by atoms with Crippen molar-refractivity contribution in [1.82, 2.24) is 10.2 Å². The van der Waals surface area contributed by atoms with Crippen molar-refractivity contribution >= 4 is 12.0 Å². The largest absolute Gasteiger partial charge is 0.481 e. The summed E-state index contributed by atoms with van der Waals surface area (Å²) in [5, 5.41) is 11.4. The van der Waals surface area contributed by atoms with Gasteiger partial charge < -0.3 is 15.3 Å². The maximum Gasteiger partial charge on any atom is 0.317 e. The van der Waals surface area contributed by atoms with E-state index in [9.17, 15) is 14.0 Å². The fourth-order valence-corrected chi connectivity index (χ4v) is 1.87. The Morgan fingerprint density at radius 2 is 2.10 bits per heavy atom. The molecule has 0 aliphatic heterocycles. The van der Waals surface area contributed by atoms with E-state index < -0.39 is 5.97 Å². The molecule has 0 saturated heterocycles. The van der Waals surface area contributed by atoms with Crippen LogP contribution in [0.25, 0.3) is 0 Å². The highest BCUT2D eigenvalue weighted by atomic mass is 19.1. The van der Waals surface area contributed by atoms with Crippen molar-refractivity contribution in [2.24, 2.45) is 0 Å². The number of amides is 2. The first-order valence-electron chi connectivity index (χ1n) is 6.88. The Morgan fingerprint density at radius 3 is 2.62 bits per heavy atom. The summed E-state index contributed by atoms with van der Waals surface area (Å²) in [5.41, 5.74) is 1.22. The molecule has 0 bridgehead atoms. The van der Waals surface area contributed by atoms with E-state index in [-0.39, 0.29) is 30.9 Å². The standard InChI is InChI=1S/C15H21FN2O3/c1-4-18(8-7-14(19)20)15(21)17-11(3)12-6-5-10(2)13(16)9-12/h5-6,9,11H,4,7-8H2,1-3H3,(H,17,21)(H,19,20). The molecular weight excluding hydrogens is 275 g/mol. The molecule has 1 atom stereocenters. The summed E-state index contributed by atoms with van der Waals surface area (Å²) < 4.78 is 13.5. The summed E-state index contributed by atoms with van der Waals surface area (Å²) in [6.45, 7) is 5.76. The molecule has 0 aromatic heterocycles. The highest BCUT2D eigenvalue weighted by molar-refractivity contribution is 5.75. The molecule has 0 fully saturated rings. The van der Waals surface area contributed by atoms with Gasteiger partial charge in [0.15, 0.2) is 0 Å². The van der Waals surface area contributed by atoms with Crippen molar-refractivity contribution in [1.29, 1.82) is 0 Å². The van der Waals surface area contributed by atoms with Crippen molar-refractivity contribution in [2.45, 2.75) is 33.2 Å². The number of hydrogen-bond acceptors (Lipinski definition) is 2. The van der Waals surface area contributed by atoms with Crippen LogP contribution in [-0.4, -0.2) is 35.1 Å². The maximum absolute atomic E-state index is 13.5. The molecule has 0 saturated carbocycles. The Bertz CT molecular complexity index is 520. The molecule has 1 aromatic carbocycles. The second-order valence-electron chi connectivity index (χ2n) is 4.90. The molecular formula is C15H21FN2O3. The van der Waals surface area contributed by atoms with Crippen molar-refractivity contribution < 1.29 is 19.1 Å². The van der Waals surface area contributed by atoms with E-state index in [1.54, 1.807) is 32.9 Å². The normalized spacial score (nSPS) is 11.8. The van der Waals surface area contributed by atoms with Crippen LogP contribution >= 0.6 is 0 Å². The molecule has 21 heavy (non-hydrogen) atoms. The molecule has 1 rings (SSSR count). The Morgan fingerprint density at radius 1 is 1.43 bits per heavy atom. The van der Waals surface area contributed by atoms with Crippen molar-refractivity contribution in [3.63, 3.8) is 0 Å². The Labute approximate surface area is 123 Å². The van der Waals surface area contributed by atoms with Crippen molar-refractivity contribution in [2.75, 3.05) is 13.1 Å². The molecule has 2 amide bonds. The summed E-state index contributed by atoms with van der Waals surface area (Å²) in [6.07, 6.45) is -0.102. The van der Waals surface area contributed by atoms with Crippen molar-refractivity contribution in [3.05, 3.63) is 35.1 Å². The Kier molecular flexibility index (Phi) is 6.14. The minimum Gasteiger partial charge on any atom is -0.481 e. The number of aryl methyl sites for hydroxylation is 1. The molecule has 2 N–H and O–H groups in total.